The molecule has 19 heavy (non-hydrogen) atoms. The number of hydrogen-bond donors (Lipinski definition) is 0. The topological polar surface area (TPSA) is 3.88 Å². The Labute approximate surface area is 125 Å². The van der Waals surface area contributed by atoms with Crippen molar-refractivity contribution in [3.63, 3.8) is 0 Å². The van der Waals surface area contributed by atoms with E-state index in [1.54, 1.807) is 0 Å². The molecule has 0 amide bonds. The fraction of sp³-hybridized carbons (Fsp3) is 0.706. The van der Waals surface area contributed by atoms with Gasteiger partial charge in [-0.1, -0.05) is 52.0 Å². The molecule has 1 nitrogen and oxygen atoms in total. The standard InChI is InChI=1S/C17H30N.ClH/c1-3-5-7-8-9-11-15-18-16-12-10-14-17(18)13-6-4-2;/h10,12,14,16H,3-9,11,13,15H2,1-2H3;1H/q+1;/p-1. The van der Waals surface area contributed by atoms with Crippen LogP contribution in [0.2, 0.25) is 0 Å². The van der Waals surface area contributed by atoms with Gasteiger partial charge >= 0.3 is 0 Å². The Morgan fingerprint density at radius 2 is 1.53 bits per heavy atom. The predicted molar refractivity (Wildman–Crippen MR) is 78.6 cm³/mol. The number of hydrogen-bond acceptors (Lipinski definition) is 0. The van der Waals surface area contributed by atoms with Crippen molar-refractivity contribution >= 4 is 0 Å². The predicted octanol–water partition coefficient (Wildman–Crippen LogP) is 1.68. The Hall–Kier alpha value is -0.560. The maximum atomic E-state index is 2.45. The number of rotatable bonds is 10. The highest BCUT2D eigenvalue weighted by Gasteiger charge is 2.07. The molecule has 1 aromatic rings. The minimum atomic E-state index is 0. The molecule has 1 heterocycles. The number of aromatic nitrogens is 1. The van der Waals surface area contributed by atoms with Crippen LogP contribution in [-0.2, 0) is 13.0 Å². The van der Waals surface area contributed by atoms with Gasteiger partial charge in [0, 0.05) is 25.0 Å². The van der Waals surface area contributed by atoms with Gasteiger partial charge in [-0.25, -0.2) is 4.57 Å². The molecule has 0 fully saturated rings. The van der Waals surface area contributed by atoms with E-state index in [9.17, 15) is 0 Å². The maximum Gasteiger partial charge on any atom is 0.181 e. The highest BCUT2D eigenvalue weighted by atomic mass is 35.5. The number of unbranched alkanes of at least 4 members (excludes halogenated alkanes) is 6. The SMILES string of the molecule is CCCCCCCC[n+]1ccccc1CCCC.[Cl-]. The molecular formula is C17H30ClN. The highest BCUT2D eigenvalue weighted by Crippen LogP contribution is 2.05. The van der Waals surface area contributed by atoms with Crippen LogP contribution in [0.3, 0.4) is 0 Å². The van der Waals surface area contributed by atoms with Crippen LogP contribution in [0, 0.1) is 0 Å². The Bertz CT molecular complexity index is 312. The van der Waals surface area contributed by atoms with Gasteiger partial charge < -0.3 is 12.4 Å². The van der Waals surface area contributed by atoms with E-state index in [1.807, 2.05) is 0 Å². The lowest BCUT2D eigenvalue weighted by atomic mass is 10.1. The van der Waals surface area contributed by atoms with E-state index in [-0.39, 0.29) is 12.4 Å². The minimum Gasteiger partial charge on any atom is -1.00 e. The number of pyridine rings is 1. The average Bonchev–Trinajstić information content (AvgIpc) is 2.41. The van der Waals surface area contributed by atoms with Crippen molar-refractivity contribution in [1.29, 1.82) is 0 Å². The number of halogens is 1. The molecule has 0 radical (unpaired) electrons. The second-order valence-electron chi connectivity index (χ2n) is 5.26. The summed E-state index contributed by atoms with van der Waals surface area (Å²) in [5.74, 6) is 0. The molecule has 1 rings (SSSR count). The minimum absolute atomic E-state index is 0. The Morgan fingerprint density at radius 1 is 0.842 bits per heavy atom. The summed E-state index contributed by atoms with van der Waals surface area (Å²) >= 11 is 0. The zero-order valence-corrected chi connectivity index (χ0v) is 13.5. The smallest absolute Gasteiger partial charge is 0.181 e. The van der Waals surface area contributed by atoms with E-state index in [1.165, 1.54) is 70.0 Å². The molecule has 0 spiro atoms. The van der Waals surface area contributed by atoms with E-state index in [4.69, 9.17) is 0 Å². The van der Waals surface area contributed by atoms with E-state index in [0.29, 0.717) is 0 Å². The second-order valence-corrected chi connectivity index (χ2v) is 5.26. The molecule has 2 heteroatoms. The summed E-state index contributed by atoms with van der Waals surface area (Å²) in [5.41, 5.74) is 1.51. The number of aryl methyl sites for hydroxylation is 2. The highest BCUT2D eigenvalue weighted by molar-refractivity contribution is 4.97. The summed E-state index contributed by atoms with van der Waals surface area (Å²) in [6.45, 7) is 5.74. The van der Waals surface area contributed by atoms with E-state index in [0.717, 1.165) is 0 Å². The third-order valence-corrected chi connectivity index (χ3v) is 3.57. The molecule has 0 aliphatic heterocycles. The van der Waals surface area contributed by atoms with E-state index in [2.05, 4.69) is 42.8 Å². The first-order valence-corrected chi connectivity index (χ1v) is 7.85. The van der Waals surface area contributed by atoms with Crippen LogP contribution in [0.15, 0.2) is 24.4 Å². The summed E-state index contributed by atoms with van der Waals surface area (Å²) in [4.78, 5) is 0. The van der Waals surface area contributed by atoms with Gasteiger partial charge in [0.2, 0.25) is 0 Å². The summed E-state index contributed by atoms with van der Waals surface area (Å²) in [5, 5.41) is 0. The second kappa shape index (κ2) is 12.5. The molecule has 0 aliphatic rings. The Morgan fingerprint density at radius 3 is 2.26 bits per heavy atom. The van der Waals surface area contributed by atoms with E-state index >= 15 is 0 Å². The fourth-order valence-electron chi connectivity index (χ4n) is 2.38. The summed E-state index contributed by atoms with van der Waals surface area (Å²) in [6.07, 6.45) is 14.3. The van der Waals surface area contributed by atoms with Gasteiger partial charge in [0.25, 0.3) is 0 Å². The monoisotopic (exact) mass is 283 g/mol. The summed E-state index contributed by atoms with van der Waals surface area (Å²) < 4.78 is 2.45. The van der Waals surface area contributed by atoms with Crippen molar-refractivity contribution in [3.8, 4) is 0 Å². The molecule has 0 aromatic carbocycles. The average molecular weight is 284 g/mol. The van der Waals surface area contributed by atoms with Gasteiger partial charge in [0.15, 0.2) is 11.9 Å². The molecule has 0 bridgehead atoms. The molecule has 0 aliphatic carbocycles. The van der Waals surface area contributed by atoms with Crippen molar-refractivity contribution < 1.29 is 17.0 Å². The van der Waals surface area contributed by atoms with Crippen molar-refractivity contribution in [1.82, 2.24) is 0 Å². The van der Waals surface area contributed by atoms with Gasteiger partial charge in [0.1, 0.15) is 6.54 Å². The summed E-state index contributed by atoms with van der Waals surface area (Å²) in [6, 6.07) is 6.61. The van der Waals surface area contributed by atoms with Crippen molar-refractivity contribution in [2.75, 3.05) is 0 Å². The Balaban J connectivity index is 0.00000324. The van der Waals surface area contributed by atoms with Crippen LogP contribution >= 0.6 is 0 Å². The lowest BCUT2D eigenvalue weighted by Gasteiger charge is -2.03. The molecule has 1 aromatic heterocycles. The van der Waals surface area contributed by atoms with Crippen LogP contribution in [0.4, 0.5) is 0 Å². The first-order valence-electron chi connectivity index (χ1n) is 7.85. The van der Waals surface area contributed by atoms with Gasteiger partial charge in [-0.3, -0.25) is 0 Å². The van der Waals surface area contributed by atoms with Gasteiger partial charge in [-0.15, -0.1) is 0 Å². The molecule has 0 saturated carbocycles. The third kappa shape index (κ3) is 8.26. The van der Waals surface area contributed by atoms with Crippen molar-refractivity contribution in [2.24, 2.45) is 0 Å². The normalized spacial score (nSPS) is 10.2. The molecule has 0 unspecified atom stereocenters. The van der Waals surface area contributed by atoms with Crippen molar-refractivity contribution in [3.05, 3.63) is 30.1 Å². The van der Waals surface area contributed by atoms with Gasteiger partial charge in [0.05, 0.1) is 0 Å². The lowest BCUT2D eigenvalue weighted by Crippen LogP contribution is -3.00. The van der Waals surface area contributed by atoms with Crippen LogP contribution < -0.4 is 17.0 Å². The zero-order valence-electron chi connectivity index (χ0n) is 12.7. The quantitative estimate of drug-likeness (QED) is 0.454. The van der Waals surface area contributed by atoms with Crippen LogP contribution in [0.25, 0.3) is 0 Å². The third-order valence-electron chi connectivity index (χ3n) is 3.57. The lowest BCUT2D eigenvalue weighted by molar-refractivity contribution is -0.704. The molecular weight excluding hydrogens is 254 g/mol. The molecule has 110 valence electrons. The van der Waals surface area contributed by atoms with Crippen LogP contribution in [-0.4, -0.2) is 0 Å². The molecule has 0 N–H and O–H groups in total. The van der Waals surface area contributed by atoms with Crippen molar-refractivity contribution in [2.45, 2.75) is 78.2 Å². The fourth-order valence-corrected chi connectivity index (χ4v) is 2.38. The van der Waals surface area contributed by atoms with Crippen LogP contribution in [0.5, 0.6) is 0 Å². The first-order chi connectivity index (χ1) is 8.88. The van der Waals surface area contributed by atoms with Gasteiger partial charge in [-0.2, -0.15) is 0 Å². The van der Waals surface area contributed by atoms with Gasteiger partial charge in [-0.05, 0) is 12.8 Å². The maximum absolute atomic E-state index is 2.45. The summed E-state index contributed by atoms with van der Waals surface area (Å²) in [7, 11) is 0. The van der Waals surface area contributed by atoms with E-state index < -0.39 is 0 Å². The zero-order chi connectivity index (χ0) is 13.1. The molecule has 0 atom stereocenters. The first kappa shape index (κ1) is 18.4. The van der Waals surface area contributed by atoms with Crippen LogP contribution in [0.1, 0.15) is 70.9 Å². The molecule has 0 saturated heterocycles. The number of nitrogens with zero attached hydrogens (tertiary/aromatic N) is 1. The largest absolute Gasteiger partial charge is 1.00 e. The Kier molecular flexibility index (Phi) is 12.1.